The molecule has 1 saturated heterocycles. The summed E-state index contributed by atoms with van der Waals surface area (Å²) in [6.07, 6.45) is 4.30. The van der Waals surface area contributed by atoms with Crippen LogP contribution in [0.2, 0.25) is 0 Å². The quantitative estimate of drug-likeness (QED) is 0.758. The molecule has 3 aliphatic rings. The second-order valence-corrected chi connectivity index (χ2v) is 7.84. The number of nitrogens with one attached hydrogen (secondary N) is 1. The summed E-state index contributed by atoms with van der Waals surface area (Å²) in [4.78, 5) is 27.3. The van der Waals surface area contributed by atoms with Crippen LogP contribution < -0.4 is 5.32 Å². The molecule has 2 aliphatic carbocycles. The Bertz CT molecular complexity index is 420. The van der Waals surface area contributed by atoms with Crippen LogP contribution in [0, 0.1) is 11.8 Å². The SMILES string of the molecule is CCSCCN1C(=O)C(C)(C2CC2)NC(=O)C1C1CC1. The first-order valence-electron chi connectivity index (χ1n) is 7.78. The normalized spacial score (nSPS) is 34.3. The van der Waals surface area contributed by atoms with Gasteiger partial charge in [0, 0.05) is 12.3 Å². The molecule has 1 aliphatic heterocycles. The van der Waals surface area contributed by atoms with Crippen molar-refractivity contribution in [3.63, 3.8) is 0 Å². The molecule has 0 bridgehead atoms. The van der Waals surface area contributed by atoms with Crippen LogP contribution in [0.15, 0.2) is 0 Å². The van der Waals surface area contributed by atoms with Crippen molar-refractivity contribution < 1.29 is 9.59 Å². The molecule has 0 aromatic heterocycles. The molecule has 20 heavy (non-hydrogen) atoms. The van der Waals surface area contributed by atoms with Crippen LogP contribution in [-0.4, -0.2) is 46.3 Å². The third kappa shape index (κ3) is 2.45. The molecule has 1 heterocycles. The van der Waals surface area contributed by atoms with Crippen molar-refractivity contribution in [2.75, 3.05) is 18.1 Å². The first kappa shape index (κ1) is 14.2. The molecule has 5 heteroatoms. The maximum absolute atomic E-state index is 12.9. The van der Waals surface area contributed by atoms with E-state index < -0.39 is 5.54 Å². The number of rotatable bonds is 6. The number of nitrogens with zero attached hydrogens (tertiary/aromatic N) is 1. The highest BCUT2D eigenvalue weighted by atomic mass is 32.2. The van der Waals surface area contributed by atoms with Gasteiger partial charge in [0.05, 0.1) is 0 Å². The lowest BCUT2D eigenvalue weighted by Gasteiger charge is -2.45. The molecule has 0 radical (unpaired) electrons. The Morgan fingerprint density at radius 1 is 1.30 bits per heavy atom. The van der Waals surface area contributed by atoms with Crippen molar-refractivity contribution in [2.24, 2.45) is 11.8 Å². The Morgan fingerprint density at radius 3 is 2.55 bits per heavy atom. The Labute approximate surface area is 125 Å². The summed E-state index contributed by atoms with van der Waals surface area (Å²) >= 11 is 1.84. The van der Waals surface area contributed by atoms with Crippen LogP contribution in [0.4, 0.5) is 0 Å². The van der Waals surface area contributed by atoms with E-state index in [2.05, 4.69) is 12.2 Å². The zero-order valence-corrected chi connectivity index (χ0v) is 13.2. The van der Waals surface area contributed by atoms with Gasteiger partial charge in [0.25, 0.3) is 0 Å². The minimum atomic E-state index is -0.640. The Hall–Kier alpha value is -0.710. The van der Waals surface area contributed by atoms with Gasteiger partial charge in [0.15, 0.2) is 0 Å². The number of hydrogen-bond donors (Lipinski definition) is 1. The van der Waals surface area contributed by atoms with E-state index in [0.29, 0.717) is 18.4 Å². The summed E-state index contributed by atoms with van der Waals surface area (Å²) in [6.45, 7) is 4.77. The molecule has 2 atom stereocenters. The van der Waals surface area contributed by atoms with E-state index in [-0.39, 0.29) is 17.9 Å². The van der Waals surface area contributed by atoms with Gasteiger partial charge in [0.1, 0.15) is 11.6 Å². The van der Waals surface area contributed by atoms with Gasteiger partial charge in [-0.2, -0.15) is 11.8 Å². The van der Waals surface area contributed by atoms with Gasteiger partial charge in [-0.15, -0.1) is 0 Å². The zero-order chi connectivity index (χ0) is 14.3. The van der Waals surface area contributed by atoms with E-state index >= 15 is 0 Å². The van der Waals surface area contributed by atoms with Crippen molar-refractivity contribution in [1.29, 1.82) is 0 Å². The smallest absolute Gasteiger partial charge is 0.249 e. The van der Waals surface area contributed by atoms with E-state index in [0.717, 1.165) is 37.2 Å². The van der Waals surface area contributed by atoms with Gasteiger partial charge in [-0.3, -0.25) is 9.59 Å². The van der Waals surface area contributed by atoms with Gasteiger partial charge in [-0.1, -0.05) is 6.92 Å². The number of carbonyl (C=O) groups excluding carboxylic acids is 2. The van der Waals surface area contributed by atoms with Gasteiger partial charge < -0.3 is 10.2 Å². The molecule has 1 N–H and O–H groups in total. The van der Waals surface area contributed by atoms with Gasteiger partial charge in [0.2, 0.25) is 11.8 Å². The molecule has 3 fully saturated rings. The lowest BCUT2D eigenvalue weighted by atomic mass is 9.88. The average molecular weight is 296 g/mol. The third-order valence-electron chi connectivity index (χ3n) is 4.84. The maximum atomic E-state index is 12.9. The minimum Gasteiger partial charge on any atom is -0.340 e. The van der Waals surface area contributed by atoms with Crippen LogP contribution in [0.5, 0.6) is 0 Å². The Morgan fingerprint density at radius 2 is 2.00 bits per heavy atom. The second kappa shape index (κ2) is 5.24. The summed E-state index contributed by atoms with van der Waals surface area (Å²) in [6, 6.07) is -0.202. The van der Waals surface area contributed by atoms with E-state index in [1.54, 1.807) is 0 Å². The molecule has 0 aromatic carbocycles. The Kier molecular flexibility index (Phi) is 3.73. The fraction of sp³-hybridized carbons (Fsp3) is 0.867. The molecule has 112 valence electrons. The highest BCUT2D eigenvalue weighted by Crippen LogP contribution is 2.45. The molecule has 0 aromatic rings. The zero-order valence-electron chi connectivity index (χ0n) is 12.4. The third-order valence-corrected chi connectivity index (χ3v) is 5.71. The molecule has 4 nitrogen and oxygen atoms in total. The van der Waals surface area contributed by atoms with Crippen LogP contribution in [-0.2, 0) is 9.59 Å². The van der Waals surface area contributed by atoms with E-state index in [4.69, 9.17) is 0 Å². The van der Waals surface area contributed by atoms with Crippen molar-refractivity contribution in [2.45, 2.75) is 51.1 Å². The summed E-state index contributed by atoms with van der Waals surface area (Å²) in [5.41, 5.74) is -0.640. The predicted molar refractivity (Wildman–Crippen MR) is 80.5 cm³/mol. The number of hydrogen-bond acceptors (Lipinski definition) is 3. The summed E-state index contributed by atoms with van der Waals surface area (Å²) in [7, 11) is 0. The number of carbonyl (C=O) groups is 2. The highest BCUT2D eigenvalue weighted by Gasteiger charge is 2.57. The van der Waals surface area contributed by atoms with Gasteiger partial charge in [-0.25, -0.2) is 0 Å². The Balaban J connectivity index is 1.78. The topological polar surface area (TPSA) is 49.4 Å². The summed E-state index contributed by atoms with van der Waals surface area (Å²) in [5, 5.41) is 3.06. The van der Waals surface area contributed by atoms with Gasteiger partial charge in [-0.05, 0) is 50.2 Å². The maximum Gasteiger partial charge on any atom is 0.249 e. The minimum absolute atomic E-state index is 0.0861. The van der Waals surface area contributed by atoms with Crippen LogP contribution in [0.3, 0.4) is 0 Å². The van der Waals surface area contributed by atoms with Crippen molar-refractivity contribution >= 4 is 23.6 Å². The van der Waals surface area contributed by atoms with Crippen molar-refractivity contribution in [3.8, 4) is 0 Å². The molecule has 2 saturated carbocycles. The molecule has 2 unspecified atom stereocenters. The monoisotopic (exact) mass is 296 g/mol. The lowest BCUT2D eigenvalue weighted by molar-refractivity contribution is -0.155. The number of amides is 2. The molecular formula is C15H24N2O2S. The number of thioether (sulfide) groups is 1. The summed E-state index contributed by atoms with van der Waals surface area (Å²) < 4.78 is 0. The van der Waals surface area contributed by atoms with Gasteiger partial charge >= 0.3 is 0 Å². The molecule has 3 rings (SSSR count). The second-order valence-electron chi connectivity index (χ2n) is 6.44. The first-order chi connectivity index (χ1) is 9.58. The van der Waals surface area contributed by atoms with Crippen molar-refractivity contribution in [1.82, 2.24) is 10.2 Å². The van der Waals surface area contributed by atoms with Crippen LogP contribution >= 0.6 is 11.8 Å². The van der Waals surface area contributed by atoms with Crippen LogP contribution in [0.1, 0.15) is 39.5 Å². The molecular weight excluding hydrogens is 272 g/mol. The lowest BCUT2D eigenvalue weighted by Crippen LogP contribution is -2.70. The van der Waals surface area contributed by atoms with Crippen molar-refractivity contribution in [3.05, 3.63) is 0 Å². The predicted octanol–water partition coefficient (Wildman–Crippen LogP) is 1.65. The standard InChI is InChI=1S/C15H24N2O2S/c1-3-20-9-8-17-12(10-4-5-10)13(18)16-15(2,14(17)19)11-6-7-11/h10-12H,3-9H2,1-2H3,(H,16,18). The fourth-order valence-corrected chi connectivity index (χ4v) is 3.93. The van der Waals surface area contributed by atoms with Crippen LogP contribution in [0.25, 0.3) is 0 Å². The summed E-state index contributed by atoms with van der Waals surface area (Å²) in [5.74, 6) is 2.98. The molecule has 0 spiro atoms. The number of piperazine rings is 1. The van der Waals surface area contributed by atoms with E-state index in [1.165, 1.54) is 0 Å². The van der Waals surface area contributed by atoms with E-state index in [9.17, 15) is 9.59 Å². The largest absolute Gasteiger partial charge is 0.340 e. The average Bonchev–Trinajstić information content (AvgIpc) is 3.28. The fourth-order valence-electron chi connectivity index (χ4n) is 3.32. The highest BCUT2D eigenvalue weighted by molar-refractivity contribution is 7.99. The van der Waals surface area contributed by atoms with E-state index in [1.807, 2.05) is 23.6 Å². The first-order valence-corrected chi connectivity index (χ1v) is 8.94. The molecule has 2 amide bonds.